The van der Waals surface area contributed by atoms with Crippen molar-refractivity contribution < 1.29 is 83.1 Å². The molecular weight excluding hydrogens is 1120 g/mol. The van der Waals surface area contributed by atoms with Gasteiger partial charge in [-0.1, -0.05) is 6.42 Å². The Morgan fingerprint density at radius 3 is 0.907 bits per heavy atom. The molecule has 0 radical (unpaired) electrons. The zero-order valence-corrected chi connectivity index (χ0v) is 54.6. The second-order valence-electron chi connectivity index (χ2n) is 22.4. The minimum Gasteiger partial charge on any atom is -0.391 e. The third kappa shape index (κ3) is 52.6. The van der Waals surface area contributed by atoms with Gasteiger partial charge in [0.25, 0.3) is 0 Å². The molecule has 0 bridgehead atoms. The molecule has 0 aromatic heterocycles. The van der Waals surface area contributed by atoms with E-state index < -0.39 is 31.5 Å². The number of nitrogens with two attached hydrogens (primary N) is 1. The standard InChI is InChI=1S/C10H22N2O3.C10H21NO3.C9H19NO3.C9H19NO.C8H17NO3.C8H17NO2.C7H15NO2/c11-3-7-14-9-10(13)15-8-6-12-4-1-2-5-12;1-2-13-9-10(12)14-8-7-11-5-3-4-6-11;1-12-8-9(11)13-7-6-10-4-2-3-5-10;1-2-11-9-8-10-6-4-3-5-7-10;10-7-8(11)12-6-5-9-3-1-2-4-9;1-8(10)11-7-6-9-4-2-3-5-9;9-7-10-6-5-8-3-1-2-4-8/h10,13H,1-9,11H2;10,12H,2-9H2,1H3;9,11H,2-8H2,1H3;2-9H2,1H3;8,10-11H,1-7H2;8,10H,2-7H2,1H3;9H,1-7H2. The van der Waals surface area contributed by atoms with Crippen molar-refractivity contribution in [2.45, 2.75) is 149 Å². The largest absolute Gasteiger partial charge is 0.391 e. The van der Waals surface area contributed by atoms with Crippen LogP contribution >= 0.6 is 0 Å². The smallest absolute Gasteiger partial charge is 0.178 e. The van der Waals surface area contributed by atoms with E-state index in [1.807, 2.05) is 6.92 Å². The molecule has 25 heteroatoms. The van der Waals surface area contributed by atoms with Crippen LogP contribution in [0.5, 0.6) is 0 Å². The Morgan fingerprint density at radius 1 is 0.337 bits per heavy atom. The number of aliphatic hydroxyl groups is 7. The van der Waals surface area contributed by atoms with Crippen molar-refractivity contribution in [1.29, 1.82) is 0 Å². The molecule has 25 nitrogen and oxygen atoms in total. The zero-order valence-electron chi connectivity index (χ0n) is 54.6. The van der Waals surface area contributed by atoms with Gasteiger partial charge in [-0.15, -0.1) is 0 Å². The lowest BCUT2D eigenvalue weighted by molar-refractivity contribution is -0.138. The van der Waals surface area contributed by atoms with Crippen LogP contribution in [0.25, 0.3) is 0 Å². The lowest BCUT2D eigenvalue weighted by Crippen LogP contribution is -2.32. The first kappa shape index (κ1) is 83.0. The van der Waals surface area contributed by atoms with E-state index in [0.717, 1.165) is 85.2 Å². The van der Waals surface area contributed by atoms with Gasteiger partial charge >= 0.3 is 0 Å². The van der Waals surface area contributed by atoms with E-state index in [-0.39, 0.29) is 33.2 Å². The van der Waals surface area contributed by atoms with Crippen LogP contribution in [0.4, 0.5) is 0 Å². The SMILES string of the molecule is CC(O)OCCN1CCCC1.CCOCC(O)OCCN1CCCC1.CCOCCN1CCCCC1.COCC(O)OCCN1CCCC1.NCCOCC(O)OCCN1CCCC1.OCC(O)OCCN1CCCC1.OCOCCN1CCCC1. The second kappa shape index (κ2) is 61.5. The first-order valence-corrected chi connectivity index (χ1v) is 33.2. The molecule has 5 atom stereocenters. The van der Waals surface area contributed by atoms with E-state index in [4.69, 9.17) is 78.6 Å². The van der Waals surface area contributed by atoms with E-state index in [1.54, 1.807) is 14.0 Å². The van der Waals surface area contributed by atoms with Crippen molar-refractivity contribution in [3.05, 3.63) is 0 Å². The predicted octanol–water partition coefficient (Wildman–Crippen LogP) is 1.31. The van der Waals surface area contributed by atoms with Gasteiger partial charge in [0.2, 0.25) is 0 Å². The Balaban J connectivity index is 0.000000503. The third-order valence-electron chi connectivity index (χ3n) is 15.1. The van der Waals surface area contributed by atoms with Crippen LogP contribution in [0, 0.1) is 0 Å². The van der Waals surface area contributed by atoms with Gasteiger partial charge in [-0.25, -0.2) is 0 Å². The van der Waals surface area contributed by atoms with Crippen molar-refractivity contribution >= 4 is 0 Å². The average molecular weight is 1250 g/mol. The van der Waals surface area contributed by atoms with Gasteiger partial charge in [0.05, 0.1) is 79.3 Å². The summed E-state index contributed by atoms with van der Waals surface area (Å²) in [5, 5.41) is 62.2. The Labute approximate surface area is 520 Å². The Kier molecular flexibility index (Phi) is 59.4. The predicted molar refractivity (Wildman–Crippen MR) is 335 cm³/mol. The van der Waals surface area contributed by atoms with Gasteiger partial charge in [-0.3, -0.25) is 0 Å². The number of hydrogen-bond acceptors (Lipinski definition) is 25. The normalized spacial score (nSPS) is 20.7. The van der Waals surface area contributed by atoms with Gasteiger partial charge in [0.1, 0.15) is 6.79 Å². The number of methoxy groups -OCH3 is 1. The first-order chi connectivity index (χ1) is 42.0. The number of nitrogens with zero attached hydrogens (tertiary/aromatic N) is 7. The summed E-state index contributed by atoms with van der Waals surface area (Å²) in [7, 11) is 1.55. The van der Waals surface area contributed by atoms with Crippen LogP contribution in [0.15, 0.2) is 0 Å². The summed E-state index contributed by atoms with van der Waals surface area (Å²) in [6, 6.07) is 0. The highest BCUT2D eigenvalue weighted by atomic mass is 16.6. The summed E-state index contributed by atoms with van der Waals surface area (Å²) < 4.78 is 50.4. The monoisotopic (exact) mass is 1250 g/mol. The minimum atomic E-state index is -1.01. The molecular formula is C61H130N8O17. The third-order valence-corrected chi connectivity index (χ3v) is 15.1. The maximum atomic E-state index is 9.34. The van der Waals surface area contributed by atoms with Crippen molar-refractivity contribution in [3.8, 4) is 0 Å². The molecule has 0 amide bonds. The van der Waals surface area contributed by atoms with E-state index in [9.17, 15) is 10.2 Å². The molecule has 7 fully saturated rings. The molecule has 0 saturated carbocycles. The van der Waals surface area contributed by atoms with Crippen molar-refractivity contribution in [2.24, 2.45) is 5.73 Å². The molecule has 0 spiro atoms. The van der Waals surface area contributed by atoms with Crippen LogP contribution < -0.4 is 5.73 Å². The fraction of sp³-hybridized carbons (Fsp3) is 1.00. The van der Waals surface area contributed by atoms with Crippen molar-refractivity contribution in [2.75, 3.05) is 250 Å². The highest BCUT2D eigenvalue weighted by molar-refractivity contribution is 4.70. The summed E-state index contributed by atoms with van der Waals surface area (Å²) in [5.74, 6) is 0. The number of piperidine rings is 1. The lowest BCUT2D eigenvalue weighted by atomic mass is 10.1. The van der Waals surface area contributed by atoms with E-state index >= 15 is 0 Å². The molecule has 0 aliphatic carbocycles. The molecule has 0 aromatic carbocycles. The average Bonchev–Trinajstić information content (AvgIpc) is 4.39. The Hall–Kier alpha value is -1.00. The van der Waals surface area contributed by atoms with Gasteiger partial charge in [-0.05, 0) is 202 Å². The number of rotatable bonds is 38. The fourth-order valence-electron chi connectivity index (χ4n) is 10.3. The maximum Gasteiger partial charge on any atom is 0.178 e. The fourth-order valence-corrected chi connectivity index (χ4v) is 10.3. The molecule has 7 aliphatic heterocycles. The van der Waals surface area contributed by atoms with Crippen molar-refractivity contribution in [1.82, 2.24) is 34.3 Å². The molecule has 0 aromatic rings. The van der Waals surface area contributed by atoms with Gasteiger partial charge in [-0.2, -0.15) is 0 Å². The maximum absolute atomic E-state index is 9.34. The van der Waals surface area contributed by atoms with Gasteiger partial charge in [0.15, 0.2) is 31.5 Å². The number of aliphatic hydroxyl groups excluding tert-OH is 7. The van der Waals surface area contributed by atoms with Crippen LogP contribution in [-0.4, -0.2) is 352 Å². The summed E-state index contributed by atoms with van der Waals surface area (Å²) >= 11 is 0. The van der Waals surface area contributed by atoms with E-state index in [0.29, 0.717) is 59.4 Å². The van der Waals surface area contributed by atoms with Crippen LogP contribution in [0.3, 0.4) is 0 Å². The number of hydrogen-bond donors (Lipinski definition) is 8. The van der Waals surface area contributed by atoms with Crippen LogP contribution in [-0.2, 0) is 47.4 Å². The number of likely N-dealkylation sites (tertiary alicyclic amines) is 7. The topological polar surface area (TPSA) is 283 Å². The zero-order chi connectivity index (χ0) is 62.8. The molecule has 516 valence electrons. The van der Waals surface area contributed by atoms with E-state index in [2.05, 4.69) is 41.2 Å². The Bertz CT molecular complexity index is 1350. The summed E-state index contributed by atoms with van der Waals surface area (Å²) in [5.41, 5.74) is 5.24. The van der Waals surface area contributed by atoms with Crippen LogP contribution in [0.1, 0.15) is 117 Å². The number of ether oxygens (including phenoxy) is 10. The Morgan fingerprint density at radius 2 is 0.616 bits per heavy atom. The lowest BCUT2D eigenvalue weighted by Gasteiger charge is -2.25. The quantitative estimate of drug-likeness (QED) is 0.0320. The molecule has 86 heavy (non-hydrogen) atoms. The molecule has 7 rings (SSSR count). The van der Waals surface area contributed by atoms with E-state index in [1.165, 1.54) is 162 Å². The summed E-state index contributed by atoms with van der Waals surface area (Å²) in [4.78, 5) is 16.6. The van der Waals surface area contributed by atoms with Gasteiger partial charge in [0, 0.05) is 72.7 Å². The highest BCUT2D eigenvalue weighted by Gasteiger charge is 2.17. The molecule has 5 unspecified atom stereocenters. The van der Waals surface area contributed by atoms with Gasteiger partial charge < -0.3 is 123 Å². The summed E-state index contributed by atoms with van der Waals surface area (Å²) in [6.45, 7) is 36.0. The molecule has 7 saturated heterocycles. The first-order valence-electron chi connectivity index (χ1n) is 33.2. The minimum absolute atomic E-state index is 0.145. The second-order valence-corrected chi connectivity index (χ2v) is 22.4. The highest BCUT2D eigenvalue weighted by Crippen LogP contribution is 2.11. The summed E-state index contributed by atoms with van der Waals surface area (Å²) in [6.07, 6.45) is 15.7. The molecule has 7 heterocycles. The molecule has 7 aliphatic rings. The van der Waals surface area contributed by atoms with Crippen LogP contribution in [0.2, 0.25) is 0 Å². The molecule has 9 N–H and O–H groups in total. The van der Waals surface area contributed by atoms with Crippen molar-refractivity contribution in [3.63, 3.8) is 0 Å².